The number of hydrogen-bond donors (Lipinski definition) is 0. The monoisotopic (exact) mass is 284 g/mol. The molecule has 4 rings (SSSR count). The van der Waals surface area contributed by atoms with Crippen LogP contribution < -0.4 is 4.74 Å². The van der Waals surface area contributed by atoms with Crippen LogP contribution in [0.25, 0.3) is 22.8 Å². The lowest BCUT2D eigenvalue weighted by molar-refractivity contribution is 0.415. The molecule has 0 saturated heterocycles. The maximum Gasteiger partial charge on any atom is 0.118 e. The fourth-order valence-corrected chi connectivity index (χ4v) is 3.07. The molecule has 0 aliphatic heterocycles. The SMILES string of the molecule is COc1ccc(C=C2c3ccccc3-c3ccccc32)cc1. The number of rotatable bonds is 2. The van der Waals surface area contributed by atoms with E-state index in [2.05, 4.69) is 66.7 Å². The summed E-state index contributed by atoms with van der Waals surface area (Å²) in [6.45, 7) is 0. The zero-order valence-corrected chi connectivity index (χ0v) is 12.4. The van der Waals surface area contributed by atoms with E-state index in [1.165, 1.54) is 33.4 Å². The number of benzene rings is 3. The van der Waals surface area contributed by atoms with Gasteiger partial charge in [0, 0.05) is 0 Å². The van der Waals surface area contributed by atoms with Crippen LogP contribution in [-0.4, -0.2) is 7.11 Å². The summed E-state index contributed by atoms with van der Waals surface area (Å²) in [6, 6.07) is 25.4. The zero-order chi connectivity index (χ0) is 14.9. The van der Waals surface area contributed by atoms with E-state index in [0.29, 0.717) is 0 Å². The number of methoxy groups -OCH3 is 1. The molecule has 0 saturated carbocycles. The van der Waals surface area contributed by atoms with Crippen LogP contribution in [0.15, 0.2) is 72.8 Å². The smallest absolute Gasteiger partial charge is 0.118 e. The van der Waals surface area contributed by atoms with E-state index >= 15 is 0 Å². The Kier molecular flexibility index (Phi) is 3.05. The Hall–Kier alpha value is -2.80. The van der Waals surface area contributed by atoms with Crippen molar-refractivity contribution in [2.24, 2.45) is 0 Å². The van der Waals surface area contributed by atoms with E-state index in [1.807, 2.05) is 12.1 Å². The van der Waals surface area contributed by atoms with Gasteiger partial charge in [-0.2, -0.15) is 0 Å². The lowest BCUT2D eigenvalue weighted by atomic mass is 10.0. The number of hydrogen-bond acceptors (Lipinski definition) is 1. The molecule has 0 radical (unpaired) electrons. The molecule has 1 nitrogen and oxygen atoms in total. The minimum atomic E-state index is 0.884. The maximum absolute atomic E-state index is 5.23. The van der Waals surface area contributed by atoms with Gasteiger partial charge in [0.05, 0.1) is 7.11 Å². The molecule has 0 fully saturated rings. The van der Waals surface area contributed by atoms with Crippen LogP contribution in [0.5, 0.6) is 5.75 Å². The van der Waals surface area contributed by atoms with Gasteiger partial charge in [-0.3, -0.25) is 0 Å². The highest BCUT2D eigenvalue weighted by Crippen LogP contribution is 2.44. The van der Waals surface area contributed by atoms with E-state index in [1.54, 1.807) is 7.11 Å². The van der Waals surface area contributed by atoms with E-state index in [4.69, 9.17) is 4.74 Å². The summed E-state index contributed by atoms with van der Waals surface area (Å²) >= 11 is 0. The Morgan fingerprint density at radius 3 is 1.64 bits per heavy atom. The molecule has 106 valence electrons. The second-order valence-corrected chi connectivity index (χ2v) is 5.42. The van der Waals surface area contributed by atoms with Gasteiger partial charge in [-0.25, -0.2) is 0 Å². The molecule has 22 heavy (non-hydrogen) atoms. The molecule has 0 unspecified atom stereocenters. The molecule has 0 bridgehead atoms. The van der Waals surface area contributed by atoms with E-state index in [9.17, 15) is 0 Å². The van der Waals surface area contributed by atoms with Gasteiger partial charge in [0.15, 0.2) is 0 Å². The van der Waals surface area contributed by atoms with E-state index in [0.717, 1.165) is 5.75 Å². The molecule has 1 aliphatic carbocycles. The van der Waals surface area contributed by atoms with Gasteiger partial charge in [-0.1, -0.05) is 60.7 Å². The van der Waals surface area contributed by atoms with Crippen LogP contribution in [-0.2, 0) is 0 Å². The highest BCUT2D eigenvalue weighted by molar-refractivity contribution is 6.06. The van der Waals surface area contributed by atoms with Crippen LogP contribution in [0.4, 0.5) is 0 Å². The van der Waals surface area contributed by atoms with Crippen molar-refractivity contribution in [1.82, 2.24) is 0 Å². The molecule has 0 aromatic heterocycles. The maximum atomic E-state index is 5.23. The first-order chi connectivity index (χ1) is 10.9. The fourth-order valence-electron chi connectivity index (χ4n) is 3.07. The molecular formula is C21H16O. The second kappa shape index (κ2) is 5.19. The number of fused-ring (bicyclic) bond motifs is 3. The van der Waals surface area contributed by atoms with Gasteiger partial charge < -0.3 is 4.74 Å². The molecule has 1 heteroatoms. The van der Waals surface area contributed by atoms with Gasteiger partial charge >= 0.3 is 0 Å². The van der Waals surface area contributed by atoms with Crippen LogP contribution in [0.2, 0.25) is 0 Å². The van der Waals surface area contributed by atoms with Crippen LogP contribution in [0.3, 0.4) is 0 Å². The lowest BCUT2D eigenvalue weighted by Gasteiger charge is -2.04. The Morgan fingerprint density at radius 2 is 1.14 bits per heavy atom. The Morgan fingerprint density at radius 1 is 0.636 bits per heavy atom. The van der Waals surface area contributed by atoms with Crippen molar-refractivity contribution in [1.29, 1.82) is 0 Å². The summed E-state index contributed by atoms with van der Waals surface area (Å²) in [6.07, 6.45) is 2.25. The molecule has 0 heterocycles. The normalized spacial score (nSPS) is 11.8. The van der Waals surface area contributed by atoms with E-state index in [-0.39, 0.29) is 0 Å². The van der Waals surface area contributed by atoms with Crippen molar-refractivity contribution < 1.29 is 4.74 Å². The van der Waals surface area contributed by atoms with Crippen molar-refractivity contribution in [3.05, 3.63) is 89.5 Å². The molecule has 1 aliphatic rings. The van der Waals surface area contributed by atoms with Crippen molar-refractivity contribution in [3.8, 4) is 16.9 Å². The zero-order valence-electron chi connectivity index (χ0n) is 12.4. The van der Waals surface area contributed by atoms with Gasteiger partial charge in [-0.05, 0) is 51.6 Å². The minimum Gasteiger partial charge on any atom is -0.497 e. The van der Waals surface area contributed by atoms with Gasteiger partial charge in [0.2, 0.25) is 0 Å². The molecule has 3 aromatic rings. The highest BCUT2D eigenvalue weighted by Gasteiger charge is 2.21. The minimum absolute atomic E-state index is 0.884. The average Bonchev–Trinajstić information content (AvgIpc) is 2.90. The fraction of sp³-hybridized carbons (Fsp3) is 0.0476. The number of ether oxygens (including phenoxy) is 1. The van der Waals surface area contributed by atoms with Gasteiger partial charge in [0.1, 0.15) is 5.75 Å². The molecule has 0 spiro atoms. The third-order valence-corrected chi connectivity index (χ3v) is 4.15. The summed E-state index contributed by atoms with van der Waals surface area (Å²) in [5.41, 5.74) is 7.72. The average molecular weight is 284 g/mol. The summed E-state index contributed by atoms with van der Waals surface area (Å²) in [7, 11) is 1.69. The van der Waals surface area contributed by atoms with Gasteiger partial charge in [0.25, 0.3) is 0 Å². The first-order valence-electron chi connectivity index (χ1n) is 7.42. The van der Waals surface area contributed by atoms with Crippen molar-refractivity contribution in [3.63, 3.8) is 0 Å². The van der Waals surface area contributed by atoms with Crippen LogP contribution in [0, 0.1) is 0 Å². The molecular weight excluding hydrogens is 268 g/mol. The first-order valence-corrected chi connectivity index (χ1v) is 7.42. The third-order valence-electron chi connectivity index (χ3n) is 4.15. The topological polar surface area (TPSA) is 9.23 Å². The Bertz CT molecular complexity index is 810. The summed E-state index contributed by atoms with van der Waals surface area (Å²) in [5.74, 6) is 0.884. The molecule has 3 aromatic carbocycles. The summed E-state index contributed by atoms with van der Waals surface area (Å²) in [4.78, 5) is 0. The Labute approximate surface area is 130 Å². The highest BCUT2D eigenvalue weighted by atomic mass is 16.5. The second-order valence-electron chi connectivity index (χ2n) is 5.42. The lowest BCUT2D eigenvalue weighted by Crippen LogP contribution is -1.84. The van der Waals surface area contributed by atoms with E-state index < -0.39 is 0 Å². The molecule has 0 atom stereocenters. The predicted octanol–water partition coefficient (Wildman–Crippen LogP) is 5.26. The van der Waals surface area contributed by atoms with Crippen LogP contribution in [0.1, 0.15) is 16.7 Å². The third kappa shape index (κ3) is 2.03. The van der Waals surface area contributed by atoms with Gasteiger partial charge in [-0.15, -0.1) is 0 Å². The van der Waals surface area contributed by atoms with Crippen molar-refractivity contribution in [2.45, 2.75) is 0 Å². The standard InChI is InChI=1S/C21H16O/c1-22-16-12-10-15(11-13-16)14-21-19-8-4-2-6-17(19)18-7-3-5-9-20(18)21/h2-14H,1H3. The van der Waals surface area contributed by atoms with Crippen LogP contribution >= 0.6 is 0 Å². The molecule has 0 N–H and O–H groups in total. The largest absolute Gasteiger partial charge is 0.497 e. The Balaban J connectivity index is 1.88. The summed E-state index contributed by atoms with van der Waals surface area (Å²) in [5, 5.41) is 0. The summed E-state index contributed by atoms with van der Waals surface area (Å²) < 4.78 is 5.23. The molecule has 0 amide bonds. The first kappa shape index (κ1) is 12.9. The quantitative estimate of drug-likeness (QED) is 0.487. The van der Waals surface area contributed by atoms with Crippen molar-refractivity contribution in [2.75, 3.05) is 7.11 Å². The predicted molar refractivity (Wildman–Crippen MR) is 91.8 cm³/mol. The van der Waals surface area contributed by atoms with Crippen molar-refractivity contribution >= 4 is 11.6 Å².